The lowest BCUT2D eigenvalue weighted by molar-refractivity contribution is 0.234. The lowest BCUT2D eigenvalue weighted by Gasteiger charge is -2.28. The fourth-order valence-corrected chi connectivity index (χ4v) is 3.54. The summed E-state index contributed by atoms with van der Waals surface area (Å²) in [5.41, 5.74) is 4.01. The molecule has 6 heteroatoms. The van der Waals surface area contributed by atoms with Gasteiger partial charge in [-0.25, -0.2) is 14.6 Å². The zero-order valence-corrected chi connectivity index (χ0v) is 15.4. The van der Waals surface area contributed by atoms with Crippen LogP contribution in [0.15, 0.2) is 35.1 Å². The molecule has 0 amide bonds. The number of rotatable bonds is 3. The van der Waals surface area contributed by atoms with Gasteiger partial charge in [-0.2, -0.15) is 5.10 Å². The van der Waals surface area contributed by atoms with Crippen LogP contribution in [0.1, 0.15) is 42.7 Å². The van der Waals surface area contributed by atoms with Gasteiger partial charge in [0.2, 0.25) is 0 Å². The van der Waals surface area contributed by atoms with E-state index in [0.717, 1.165) is 46.6 Å². The Balaban J connectivity index is 1.58. The average Bonchev–Trinajstić information content (AvgIpc) is 2.61. The number of hydrogen-bond acceptors (Lipinski definition) is 5. The van der Waals surface area contributed by atoms with Gasteiger partial charge in [0.1, 0.15) is 5.82 Å². The van der Waals surface area contributed by atoms with E-state index in [2.05, 4.69) is 21.0 Å². The Hall–Kier alpha value is -2.60. The van der Waals surface area contributed by atoms with E-state index in [0.29, 0.717) is 13.1 Å². The van der Waals surface area contributed by atoms with Gasteiger partial charge in [-0.05, 0) is 32.4 Å². The third-order valence-corrected chi connectivity index (χ3v) is 4.88. The minimum Gasteiger partial charge on any atom is -0.291 e. The largest absolute Gasteiger partial charge is 0.291 e. The van der Waals surface area contributed by atoms with Crippen molar-refractivity contribution in [2.24, 2.45) is 0 Å². The fraction of sp³-hybridized carbons (Fsp3) is 0.400. The topological polar surface area (TPSA) is 63.9 Å². The van der Waals surface area contributed by atoms with Crippen molar-refractivity contribution < 1.29 is 0 Å². The van der Waals surface area contributed by atoms with Crippen molar-refractivity contribution in [2.45, 2.75) is 46.3 Å². The Bertz CT molecular complexity index is 1020. The molecule has 1 aliphatic rings. The molecule has 0 N–H and O–H groups in total. The Morgan fingerprint density at radius 1 is 1.19 bits per heavy atom. The zero-order chi connectivity index (χ0) is 18.3. The highest BCUT2D eigenvalue weighted by Crippen LogP contribution is 2.19. The van der Waals surface area contributed by atoms with E-state index in [-0.39, 0.29) is 11.6 Å². The SMILES string of the molecule is Cc1nc(CN2CCc3nn(C(C)C)c(=O)cc3C2)nc2ccccc12. The van der Waals surface area contributed by atoms with Crippen molar-refractivity contribution in [3.05, 3.63) is 63.5 Å². The number of benzene rings is 1. The second kappa shape index (κ2) is 6.61. The monoisotopic (exact) mass is 349 g/mol. The van der Waals surface area contributed by atoms with E-state index in [1.54, 1.807) is 10.7 Å². The number of fused-ring (bicyclic) bond motifs is 2. The summed E-state index contributed by atoms with van der Waals surface area (Å²) in [5.74, 6) is 0.827. The molecule has 0 saturated carbocycles. The van der Waals surface area contributed by atoms with Gasteiger partial charge in [0.15, 0.2) is 0 Å². The van der Waals surface area contributed by atoms with Gasteiger partial charge >= 0.3 is 0 Å². The normalized spacial score (nSPS) is 14.8. The molecule has 0 saturated heterocycles. The Labute approximate surface area is 152 Å². The van der Waals surface area contributed by atoms with Gasteiger partial charge in [0.05, 0.1) is 23.8 Å². The van der Waals surface area contributed by atoms with E-state index in [1.165, 1.54) is 0 Å². The number of para-hydroxylation sites is 1. The molecule has 3 aromatic rings. The minimum absolute atomic E-state index is 0.0293. The number of aromatic nitrogens is 4. The number of nitrogens with zero attached hydrogens (tertiary/aromatic N) is 5. The van der Waals surface area contributed by atoms with Crippen LogP contribution in [0.4, 0.5) is 0 Å². The molecule has 1 aliphatic heterocycles. The Morgan fingerprint density at radius 3 is 2.81 bits per heavy atom. The summed E-state index contributed by atoms with van der Waals surface area (Å²) in [6.45, 7) is 8.28. The quantitative estimate of drug-likeness (QED) is 0.727. The molecule has 0 aliphatic carbocycles. The van der Waals surface area contributed by atoms with E-state index in [9.17, 15) is 4.79 Å². The number of aryl methyl sites for hydroxylation is 1. The predicted octanol–water partition coefficient (Wildman–Crippen LogP) is 2.63. The third kappa shape index (κ3) is 3.12. The second-order valence-electron chi connectivity index (χ2n) is 7.20. The molecule has 6 nitrogen and oxygen atoms in total. The maximum Gasteiger partial charge on any atom is 0.267 e. The van der Waals surface area contributed by atoms with Crippen LogP contribution in [0.3, 0.4) is 0 Å². The lowest BCUT2D eigenvalue weighted by Crippen LogP contribution is -2.35. The average molecular weight is 349 g/mol. The first-order valence-corrected chi connectivity index (χ1v) is 9.07. The van der Waals surface area contributed by atoms with Crippen LogP contribution in [0, 0.1) is 6.92 Å². The van der Waals surface area contributed by atoms with Crippen LogP contribution < -0.4 is 5.56 Å². The number of hydrogen-bond donors (Lipinski definition) is 0. The van der Waals surface area contributed by atoms with E-state index in [4.69, 9.17) is 4.98 Å². The summed E-state index contributed by atoms with van der Waals surface area (Å²) in [7, 11) is 0. The van der Waals surface area contributed by atoms with Crippen molar-refractivity contribution in [3.63, 3.8) is 0 Å². The van der Waals surface area contributed by atoms with Crippen LogP contribution in [-0.2, 0) is 19.5 Å². The van der Waals surface area contributed by atoms with E-state index in [1.807, 2.05) is 39.0 Å². The summed E-state index contributed by atoms with van der Waals surface area (Å²) in [4.78, 5) is 23.9. The highest BCUT2D eigenvalue weighted by atomic mass is 16.1. The van der Waals surface area contributed by atoms with Crippen LogP contribution in [0.25, 0.3) is 10.9 Å². The van der Waals surface area contributed by atoms with Crippen LogP contribution in [-0.4, -0.2) is 31.2 Å². The first kappa shape index (κ1) is 16.8. The summed E-state index contributed by atoms with van der Waals surface area (Å²) < 4.78 is 1.57. The molecule has 0 radical (unpaired) electrons. The van der Waals surface area contributed by atoms with Crippen molar-refractivity contribution in [3.8, 4) is 0 Å². The minimum atomic E-state index is -0.0293. The van der Waals surface area contributed by atoms with Gasteiger partial charge in [-0.1, -0.05) is 18.2 Å². The molecular weight excluding hydrogens is 326 g/mol. The van der Waals surface area contributed by atoms with Gasteiger partial charge in [0, 0.05) is 36.7 Å². The van der Waals surface area contributed by atoms with E-state index < -0.39 is 0 Å². The molecule has 0 spiro atoms. The van der Waals surface area contributed by atoms with Crippen molar-refractivity contribution >= 4 is 10.9 Å². The molecule has 4 rings (SSSR count). The first-order chi connectivity index (χ1) is 12.5. The Kier molecular flexibility index (Phi) is 4.28. The summed E-state index contributed by atoms with van der Waals surface area (Å²) in [6.07, 6.45) is 0.842. The van der Waals surface area contributed by atoms with Gasteiger partial charge in [0.25, 0.3) is 5.56 Å². The molecule has 26 heavy (non-hydrogen) atoms. The predicted molar refractivity (Wildman–Crippen MR) is 101 cm³/mol. The first-order valence-electron chi connectivity index (χ1n) is 9.07. The van der Waals surface area contributed by atoms with E-state index >= 15 is 0 Å². The van der Waals surface area contributed by atoms with Crippen LogP contribution in [0.2, 0.25) is 0 Å². The molecule has 134 valence electrons. The second-order valence-corrected chi connectivity index (χ2v) is 7.20. The van der Waals surface area contributed by atoms with Crippen LogP contribution in [0.5, 0.6) is 0 Å². The molecule has 0 unspecified atom stereocenters. The maximum atomic E-state index is 12.2. The molecule has 0 fully saturated rings. The maximum absolute atomic E-state index is 12.2. The summed E-state index contributed by atoms with van der Waals surface area (Å²) >= 11 is 0. The van der Waals surface area contributed by atoms with Gasteiger partial charge in [-0.15, -0.1) is 0 Å². The molecule has 1 aromatic carbocycles. The fourth-order valence-electron chi connectivity index (χ4n) is 3.54. The van der Waals surface area contributed by atoms with Crippen molar-refractivity contribution in [1.29, 1.82) is 0 Å². The third-order valence-electron chi connectivity index (χ3n) is 4.88. The van der Waals surface area contributed by atoms with Crippen LogP contribution >= 0.6 is 0 Å². The molecule has 2 aromatic heterocycles. The molecular formula is C20H23N5O. The zero-order valence-electron chi connectivity index (χ0n) is 15.4. The highest BCUT2D eigenvalue weighted by Gasteiger charge is 2.21. The van der Waals surface area contributed by atoms with Gasteiger partial charge in [-0.3, -0.25) is 9.69 Å². The lowest BCUT2D eigenvalue weighted by atomic mass is 10.1. The summed E-state index contributed by atoms with van der Waals surface area (Å²) in [5, 5.41) is 5.65. The van der Waals surface area contributed by atoms with Crippen molar-refractivity contribution in [1.82, 2.24) is 24.6 Å². The summed E-state index contributed by atoms with van der Waals surface area (Å²) in [6, 6.07) is 9.91. The van der Waals surface area contributed by atoms with Gasteiger partial charge < -0.3 is 0 Å². The standard InChI is InChI=1S/C20H23N5O/c1-13(2)25-20(26)10-15-11-24(9-8-17(15)23-25)12-19-21-14(3)16-6-4-5-7-18(16)22-19/h4-7,10,13H,8-9,11-12H2,1-3H3. The molecule has 0 atom stereocenters. The molecule has 3 heterocycles. The van der Waals surface area contributed by atoms with Crippen molar-refractivity contribution in [2.75, 3.05) is 6.54 Å². The Morgan fingerprint density at radius 2 is 2.00 bits per heavy atom. The smallest absolute Gasteiger partial charge is 0.267 e. The highest BCUT2D eigenvalue weighted by molar-refractivity contribution is 5.80. The molecule has 0 bridgehead atoms.